The van der Waals surface area contributed by atoms with Gasteiger partial charge in [0.15, 0.2) is 11.6 Å². The summed E-state index contributed by atoms with van der Waals surface area (Å²) in [6.45, 7) is 3.68. The molecule has 3 aromatic rings. The van der Waals surface area contributed by atoms with Crippen LogP contribution in [0.2, 0.25) is 0 Å². The first-order valence-corrected chi connectivity index (χ1v) is 10.4. The lowest BCUT2D eigenvalue weighted by Gasteiger charge is -2.28. The zero-order chi connectivity index (χ0) is 22.2. The lowest BCUT2D eigenvalue weighted by Crippen LogP contribution is -2.36. The number of morpholine rings is 1. The standard InChI is InChI=1S/C25H24FN3O3/c26-23-16-19(5-9-24(23)32-22-2-1-11-27-18-22)6-10-25(30)28-17-20-3-7-21(8-4-20)29-12-14-31-15-13-29/h1-11,16,18H,12-15,17H2,(H,28,30)/b10-6+. The molecule has 0 saturated carbocycles. The molecule has 1 aliphatic heterocycles. The molecule has 0 aliphatic carbocycles. The Bertz CT molecular complexity index is 1070. The van der Waals surface area contributed by atoms with Gasteiger partial charge in [0.05, 0.1) is 19.4 Å². The van der Waals surface area contributed by atoms with Crippen LogP contribution in [-0.2, 0) is 16.1 Å². The third-order valence-corrected chi connectivity index (χ3v) is 5.02. The van der Waals surface area contributed by atoms with Crippen molar-refractivity contribution in [2.75, 3.05) is 31.2 Å². The first-order chi connectivity index (χ1) is 15.7. The second-order valence-electron chi connectivity index (χ2n) is 7.30. The minimum Gasteiger partial charge on any atom is -0.453 e. The molecule has 4 rings (SSSR count). The lowest BCUT2D eigenvalue weighted by atomic mass is 10.1. The highest BCUT2D eigenvalue weighted by molar-refractivity contribution is 5.91. The number of pyridine rings is 1. The topological polar surface area (TPSA) is 63.7 Å². The normalized spacial score (nSPS) is 13.8. The fraction of sp³-hybridized carbons (Fsp3) is 0.200. The number of hydrogen-bond donors (Lipinski definition) is 1. The van der Waals surface area contributed by atoms with Crippen molar-refractivity contribution in [1.29, 1.82) is 0 Å². The van der Waals surface area contributed by atoms with Gasteiger partial charge in [0.25, 0.3) is 0 Å². The molecule has 1 amide bonds. The number of amides is 1. The Morgan fingerprint density at radius 3 is 2.69 bits per heavy atom. The molecule has 6 nitrogen and oxygen atoms in total. The molecule has 0 spiro atoms. The van der Waals surface area contributed by atoms with E-state index in [1.54, 1.807) is 30.5 Å². The Balaban J connectivity index is 1.28. The predicted molar refractivity (Wildman–Crippen MR) is 121 cm³/mol. The van der Waals surface area contributed by atoms with Crippen molar-refractivity contribution >= 4 is 17.7 Å². The fourth-order valence-electron chi connectivity index (χ4n) is 3.30. The van der Waals surface area contributed by atoms with Crippen molar-refractivity contribution in [3.05, 3.63) is 90.0 Å². The Morgan fingerprint density at radius 2 is 1.97 bits per heavy atom. The minimum absolute atomic E-state index is 0.0973. The van der Waals surface area contributed by atoms with E-state index in [4.69, 9.17) is 9.47 Å². The average Bonchev–Trinajstić information content (AvgIpc) is 2.84. The first kappa shape index (κ1) is 21.5. The second kappa shape index (κ2) is 10.5. The van der Waals surface area contributed by atoms with Crippen LogP contribution >= 0.6 is 0 Å². The van der Waals surface area contributed by atoms with Gasteiger partial charge in [-0.1, -0.05) is 18.2 Å². The Labute approximate surface area is 186 Å². The quantitative estimate of drug-likeness (QED) is 0.567. The summed E-state index contributed by atoms with van der Waals surface area (Å²) in [5.74, 6) is -0.220. The molecule has 0 bridgehead atoms. The number of benzene rings is 2. The predicted octanol–water partition coefficient (Wildman–Crippen LogP) is 4.18. The van der Waals surface area contributed by atoms with E-state index < -0.39 is 5.82 Å². The number of carbonyl (C=O) groups excluding carboxylic acids is 1. The highest BCUT2D eigenvalue weighted by atomic mass is 19.1. The van der Waals surface area contributed by atoms with Crippen LogP contribution in [-0.4, -0.2) is 37.2 Å². The van der Waals surface area contributed by atoms with Gasteiger partial charge in [-0.2, -0.15) is 0 Å². The molecule has 1 N–H and O–H groups in total. The van der Waals surface area contributed by atoms with E-state index in [0.717, 1.165) is 37.6 Å². The summed E-state index contributed by atoms with van der Waals surface area (Å²) in [5.41, 5.74) is 2.72. The minimum atomic E-state index is -0.517. The van der Waals surface area contributed by atoms with E-state index in [1.807, 2.05) is 12.1 Å². The molecule has 1 aromatic heterocycles. The van der Waals surface area contributed by atoms with Gasteiger partial charge in [0, 0.05) is 37.6 Å². The SMILES string of the molecule is O=C(/C=C/c1ccc(Oc2cccnc2)c(F)c1)NCc1ccc(N2CCOCC2)cc1. The number of aromatic nitrogens is 1. The fourth-order valence-corrected chi connectivity index (χ4v) is 3.30. The van der Waals surface area contributed by atoms with Crippen molar-refractivity contribution in [3.63, 3.8) is 0 Å². The molecule has 0 unspecified atom stereocenters. The van der Waals surface area contributed by atoms with Gasteiger partial charge in [-0.15, -0.1) is 0 Å². The summed E-state index contributed by atoms with van der Waals surface area (Å²) in [5, 5.41) is 2.84. The molecular formula is C25H24FN3O3. The monoisotopic (exact) mass is 433 g/mol. The molecule has 7 heteroatoms. The van der Waals surface area contributed by atoms with Gasteiger partial charge < -0.3 is 19.7 Å². The molecule has 1 saturated heterocycles. The summed E-state index contributed by atoms with van der Waals surface area (Å²) in [7, 11) is 0. The van der Waals surface area contributed by atoms with Crippen molar-refractivity contribution in [1.82, 2.24) is 10.3 Å². The molecule has 1 aliphatic rings. The summed E-state index contributed by atoms with van der Waals surface area (Å²) < 4.78 is 25.2. The highest BCUT2D eigenvalue weighted by Crippen LogP contribution is 2.25. The molecule has 0 atom stereocenters. The van der Waals surface area contributed by atoms with Crippen molar-refractivity contribution in [2.24, 2.45) is 0 Å². The van der Waals surface area contributed by atoms with E-state index >= 15 is 0 Å². The van der Waals surface area contributed by atoms with Crippen LogP contribution in [0.3, 0.4) is 0 Å². The van der Waals surface area contributed by atoms with Crippen LogP contribution in [0.15, 0.2) is 73.1 Å². The summed E-state index contributed by atoms with van der Waals surface area (Å²) >= 11 is 0. The number of hydrogen-bond acceptors (Lipinski definition) is 5. The van der Waals surface area contributed by atoms with E-state index in [1.165, 1.54) is 24.4 Å². The van der Waals surface area contributed by atoms with Gasteiger partial charge >= 0.3 is 0 Å². The first-order valence-electron chi connectivity index (χ1n) is 10.4. The van der Waals surface area contributed by atoms with Crippen molar-refractivity contribution in [2.45, 2.75) is 6.54 Å². The molecular weight excluding hydrogens is 409 g/mol. The third-order valence-electron chi connectivity index (χ3n) is 5.02. The van der Waals surface area contributed by atoms with Crippen molar-refractivity contribution in [3.8, 4) is 11.5 Å². The summed E-state index contributed by atoms with van der Waals surface area (Å²) in [6, 6.07) is 16.1. The number of anilines is 1. The maximum Gasteiger partial charge on any atom is 0.244 e. The number of ether oxygens (including phenoxy) is 2. The van der Waals surface area contributed by atoms with Crippen LogP contribution in [0, 0.1) is 5.82 Å². The van der Waals surface area contributed by atoms with Gasteiger partial charge in [-0.05, 0) is 53.6 Å². The van der Waals surface area contributed by atoms with Crippen LogP contribution < -0.4 is 15.0 Å². The van der Waals surface area contributed by atoms with E-state index in [9.17, 15) is 9.18 Å². The Hall–Kier alpha value is -3.71. The average molecular weight is 433 g/mol. The van der Waals surface area contributed by atoms with Crippen LogP contribution in [0.4, 0.5) is 10.1 Å². The van der Waals surface area contributed by atoms with Gasteiger partial charge in [0.1, 0.15) is 5.75 Å². The molecule has 32 heavy (non-hydrogen) atoms. The maximum atomic E-state index is 14.3. The van der Waals surface area contributed by atoms with Gasteiger partial charge in [0.2, 0.25) is 5.91 Å². The van der Waals surface area contributed by atoms with E-state index in [0.29, 0.717) is 17.9 Å². The van der Waals surface area contributed by atoms with Crippen molar-refractivity contribution < 1.29 is 18.7 Å². The molecule has 1 fully saturated rings. The smallest absolute Gasteiger partial charge is 0.244 e. The second-order valence-corrected chi connectivity index (χ2v) is 7.30. The zero-order valence-corrected chi connectivity index (χ0v) is 17.5. The maximum absolute atomic E-state index is 14.3. The Morgan fingerprint density at radius 1 is 1.16 bits per heavy atom. The number of rotatable bonds is 7. The van der Waals surface area contributed by atoms with Crippen LogP contribution in [0.1, 0.15) is 11.1 Å². The number of nitrogens with zero attached hydrogens (tertiary/aromatic N) is 2. The third kappa shape index (κ3) is 5.92. The number of carbonyl (C=O) groups is 1. The van der Waals surface area contributed by atoms with Gasteiger partial charge in [-0.25, -0.2) is 4.39 Å². The lowest BCUT2D eigenvalue weighted by molar-refractivity contribution is -0.116. The van der Waals surface area contributed by atoms with Crippen LogP contribution in [0.25, 0.3) is 6.08 Å². The molecule has 0 radical (unpaired) electrons. The Kier molecular flexibility index (Phi) is 7.09. The van der Waals surface area contributed by atoms with E-state index in [2.05, 4.69) is 27.3 Å². The zero-order valence-electron chi connectivity index (χ0n) is 17.5. The summed E-state index contributed by atoms with van der Waals surface area (Å²) in [4.78, 5) is 18.4. The molecule has 164 valence electrons. The summed E-state index contributed by atoms with van der Waals surface area (Å²) in [6.07, 6.45) is 6.07. The molecule has 2 aromatic carbocycles. The highest BCUT2D eigenvalue weighted by Gasteiger charge is 2.11. The van der Waals surface area contributed by atoms with Gasteiger partial charge in [-0.3, -0.25) is 9.78 Å². The van der Waals surface area contributed by atoms with Crippen LogP contribution in [0.5, 0.6) is 11.5 Å². The number of nitrogens with one attached hydrogen (secondary N) is 1. The largest absolute Gasteiger partial charge is 0.453 e. The van der Waals surface area contributed by atoms with E-state index in [-0.39, 0.29) is 11.7 Å². The molecule has 2 heterocycles. The number of halogens is 1.